The van der Waals surface area contributed by atoms with Crippen molar-refractivity contribution in [2.24, 2.45) is 0 Å². The minimum atomic E-state index is -1.59. The summed E-state index contributed by atoms with van der Waals surface area (Å²) in [6, 6.07) is 0. The maximum Gasteiger partial charge on any atom is 0.192 e. The monoisotopic (exact) mass is 346 g/mol. The van der Waals surface area contributed by atoms with Gasteiger partial charge in [-0.25, -0.2) is 0 Å². The van der Waals surface area contributed by atoms with Crippen molar-refractivity contribution in [3.63, 3.8) is 0 Å². The lowest BCUT2D eigenvalue weighted by atomic mass is 10.1. The van der Waals surface area contributed by atoms with Crippen molar-refractivity contribution in [2.45, 2.75) is 65.6 Å². The zero-order chi connectivity index (χ0) is 15.1. The molecule has 0 aromatic heterocycles. The van der Waals surface area contributed by atoms with Gasteiger partial charge in [0.1, 0.15) is 0 Å². The SMILES string of the molecule is C/C(=C\CC/C(C)=C/CO[Si](C)(C)C(C)(C)C)CBr. The third-order valence-electron chi connectivity index (χ3n) is 3.92. The summed E-state index contributed by atoms with van der Waals surface area (Å²) >= 11 is 3.47. The van der Waals surface area contributed by atoms with Gasteiger partial charge in [-0.2, -0.15) is 0 Å². The fourth-order valence-corrected chi connectivity index (χ4v) is 2.47. The predicted octanol–water partition coefficient (Wildman–Crippen LogP) is 6.08. The molecule has 0 bridgehead atoms. The van der Waals surface area contributed by atoms with E-state index in [1.165, 1.54) is 11.1 Å². The molecule has 0 aliphatic carbocycles. The van der Waals surface area contributed by atoms with Crippen LogP contribution >= 0.6 is 15.9 Å². The van der Waals surface area contributed by atoms with Crippen LogP contribution in [-0.4, -0.2) is 20.3 Å². The van der Waals surface area contributed by atoms with Gasteiger partial charge in [0.05, 0.1) is 6.61 Å². The van der Waals surface area contributed by atoms with Gasteiger partial charge in [-0.15, -0.1) is 0 Å². The first kappa shape index (κ1) is 19.1. The second-order valence-electron chi connectivity index (χ2n) is 6.84. The van der Waals surface area contributed by atoms with E-state index in [2.05, 4.69) is 75.8 Å². The van der Waals surface area contributed by atoms with Gasteiger partial charge in [-0.1, -0.05) is 60.0 Å². The summed E-state index contributed by atoms with van der Waals surface area (Å²) < 4.78 is 6.15. The number of allylic oxidation sites excluding steroid dienone is 3. The quantitative estimate of drug-likeness (QED) is 0.308. The van der Waals surface area contributed by atoms with Gasteiger partial charge < -0.3 is 4.43 Å². The van der Waals surface area contributed by atoms with Gasteiger partial charge in [0.2, 0.25) is 0 Å². The average molecular weight is 347 g/mol. The molecule has 0 unspecified atom stereocenters. The Bertz CT molecular complexity index is 324. The average Bonchev–Trinajstić information content (AvgIpc) is 2.26. The molecule has 3 heteroatoms. The summed E-state index contributed by atoms with van der Waals surface area (Å²) in [5, 5.41) is 1.27. The van der Waals surface area contributed by atoms with Crippen LogP contribution in [-0.2, 0) is 4.43 Å². The highest BCUT2D eigenvalue weighted by Gasteiger charge is 2.36. The van der Waals surface area contributed by atoms with Crippen LogP contribution in [0, 0.1) is 0 Å². The van der Waals surface area contributed by atoms with Crippen molar-refractivity contribution in [3.8, 4) is 0 Å². The fourth-order valence-electron chi connectivity index (χ4n) is 1.31. The van der Waals surface area contributed by atoms with E-state index >= 15 is 0 Å². The van der Waals surface area contributed by atoms with Crippen molar-refractivity contribution in [1.82, 2.24) is 0 Å². The number of alkyl halides is 1. The van der Waals surface area contributed by atoms with Gasteiger partial charge in [0.25, 0.3) is 0 Å². The highest BCUT2D eigenvalue weighted by molar-refractivity contribution is 9.09. The van der Waals surface area contributed by atoms with Crippen LogP contribution in [0.15, 0.2) is 23.3 Å². The van der Waals surface area contributed by atoms with Crippen LogP contribution in [0.25, 0.3) is 0 Å². The molecule has 0 fully saturated rings. The lowest BCUT2D eigenvalue weighted by Gasteiger charge is -2.35. The summed E-state index contributed by atoms with van der Waals surface area (Å²) in [5.74, 6) is 0. The molecule has 0 rings (SSSR count). The zero-order valence-electron chi connectivity index (χ0n) is 13.8. The van der Waals surface area contributed by atoms with Gasteiger partial charge in [0.15, 0.2) is 8.32 Å². The van der Waals surface area contributed by atoms with Crippen LogP contribution in [0.3, 0.4) is 0 Å². The standard InChI is InChI=1S/C16H31BrOSi/c1-14(9-8-10-15(2)13-17)11-12-18-19(6,7)16(3,4)5/h10-11H,8-9,12-13H2,1-7H3/b14-11+,15-10+. The Kier molecular flexibility index (Phi) is 8.49. The summed E-state index contributed by atoms with van der Waals surface area (Å²) in [5.41, 5.74) is 2.84. The lowest BCUT2D eigenvalue weighted by molar-refractivity contribution is 0.327. The van der Waals surface area contributed by atoms with E-state index in [9.17, 15) is 0 Å². The van der Waals surface area contributed by atoms with Crippen LogP contribution in [0.1, 0.15) is 47.5 Å². The fraction of sp³-hybridized carbons (Fsp3) is 0.750. The largest absolute Gasteiger partial charge is 0.413 e. The van der Waals surface area contributed by atoms with Crippen molar-refractivity contribution < 1.29 is 4.43 Å². The van der Waals surface area contributed by atoms with Crippen molar-refractivity contribution >= 4 is 24.2 Å². The molecule has 0 saturated carbocycles. The number of rotatable bonds is 7. The maximum absolute atomic E-state index is 6.15. The zero-order valence-corrected chi connectivity index (χ0v) is 16.4. The molecule has 0 aliphatic rings. The molecule has 19 heavy (non-hydrogen) atoms. The molecule has 0 saturated heterocycles. The highest BCUT2D eigenvalue weighted by Crippen LogP contribution is 2.36. The van der Waals surface area contributed by atoms with Gasteiger partial charge in [-0.3, -0.25) is 0 Å². The number of hydrogen-bond acceptors (Lipinski definition) is 1. The molecule has 0 atom stereocenters. The summed E-state index contributed by atoms with van der Waals surface area (Å²) in [7, 11) is -1.59. The van der Waals surface area contributed by atoms with Crippen molar-refractivity contribution in [1.29, 1.82) is 0 Å². The Morgan fingerprint density at radius 2 is 1.68 bits per heavy atom. The second-order valence-corrected chi connectivity index (χ2v) is 12.2. The van der Waals surface area contributed by atoms with Crippen LogP contribution in [0.2, 0.25) is 18.1 Å². The van der Waals surface area contributed by atoms with Crippen LogP contribution in [0.4, 0.5) is 0 Å². The summed E-state index contributed by atoms with van der Waals surface area (Å²) in [6.07, 6.45) is 6.81. The van der Waals surface area contributed by atoms with Gasteiger partial charge >= 0.3 is 0 Å². The molecule has 0 N–H and O–H groups in total. The molecule has 0 spiro atoms. The molecule has 112 valence electrons. The van der Waals surface area contributed by atoms with Gasteiger partial charge in [-0.05, 0) is 44.8 Å². The molecule has 0 heterocycles. The van der Waals surface area contributed by atoms with E-state index in [4.69, 9.17) is 4.43 Å². The van der Waals surface area contributed by atoms with E-state index in [1.807, 2.05) is 0 Å². The minimum Gasteiger partial charge on any atom is -0.413 e. The molecule has 0 aliphatic heterocycles. The Balaban J connectivity index is 4.14. The van der Waals surface area contributed by atoms with E-state index in [0.29, 0.717) is 5.04 Å². The lowest BCUT2D eigenvalue weighted by Crippen LogP contribution is -2.40. The third kappa shape index (κ3) is 8.11. The van der Waals surface area contributed by atoms with E-state index in [1.54, 1.807) is 0 Å². The molecule has 0 aromatic rings. The number of halogens is 1. The Morgan fingerprint density at radius 3 is 2.16 bits per heavy atom. The Hall–Kier alpha value is 0.137. The Labute approximate surface area is 129 Å². The maximum atomic E-state index is 6.15. The third-order valence-corrected chi connectivity index (χ3v) is 9.31. The first-order chi connectivity index (χ1) is 8.60. The summed E-state index contributed by atoms with van der Waals surface area (Å²) in [4.78, 5) is 0. The van der Waals surface area contributed by atoms with Crippen molar-refractivity contribution in [2.75, 3.05) is 11.9 Å². The highest BCUT2D eigenvalue weighted by atomic mass is 79.9. The molecule has 0 radical (unpaired) electrons. The van der Waals surface area contributed by atoms with E-state index in [0.717, 1.165) is 24.8 Å². The molecule has 1 nitrogen and oxygen atoms in total. The normalized spacial score (nSPS) is 14.9. The molecule has 0 amide bonds. The second kappa shape index (κ2) is 8.43. The first-order valence-electron chi connectivity index (χ1n) is 7.11. The first-order valence-corrected chi connectivity index (χ1v) is 11.1. The summed E-state index contributed by atoms with van der Waals surface area (Å²) in [6.45, 7) is 16.6. The van der Waals surface area contributed by atoms with E-state index < -0.39 is 8.32 Å². The topological polar surface area (TPSA) is 9.23 Å². The van der Waals surface area contributed by atoms with Crippen LogP contribution < -0.4 is 0 Å². The number of hydrogen-bond donors (Lipinski definition) is 0. The smallest absolute Gasteiger partial charge is 0.192 e. The molecule has 0 aromatic carbocycles. The molecular weight excluding hydrogens is 316 g/mol. The molecular formula is C16H31BrOSi. The van der Waals surface area contributed by atoms with E-state index in [-0.39, 0.29) is 0 Å². The van der Waals surface area contributed by atoms with Crippen molar-refractivity contribution in [3.05, 3.63) is 23.3 Å². The Morgan fingerprint density at radius 1 is 1.11 bits per heavy atom. The van der Waals surface area contributed by atoms with Gasteiger partial charge in [0, 0.05) is 5.33 Å². The predicted molar refractivity (Wildman–Crippen MR) is 93.7 cm³/mol. The van der Waals surface area contributed by atoms with Crippen LogP contribution in [0.5, 0.6) is 0 Å². The minimum absolute atomic E-state index is 0.296.